The van der Waals surface area contributed by atoms with Crippen molar-refractivity contribution in [2.75, 3.05) is 11.5 Å². The van der Waals surface area contributed by atoms with Gasteiger partial charge in [0.25, 0.3) is 5.91 Å². The molecule has 27 heavy (non-hydrogen) atoms. The van der Waals surface area contributed by atoms with Crippen molar-refractivity contribution in [1.82, 2.24) is 9.88 Å². The summed E-state index contributed by atoms with van der Waals surface area (Å²) >= 11 is 2.82. The molecule has 2 aromatic rings. The molecule has 1 aliphatic carbocycles. The van der Waals surface area contributed by atoms with Crippen LogP contribution in [0, 0.1) is 0 Å². The lowest BCUT2D eigenvalue weighted by Gasteiger charge is -2.22. The maximum atomic E-state index is 12.3. The Balaban J connectivity index is 1.57. The average molecular weight is 404 g/mol. The van der Waals surface area contributed by atoms with Crippen LogP contribution in [0.15, 0.2) is 41.9 Å². The summed E-state index contributed by atoms with van der Waals surface area (Å²) in [5, 5.41) is 3.07. The molecule has 0 radical (unpaired) electrons. The third-order valence-electron chi connectivity index (χ3n) is 4.55. The molecule has 1 fully saturated rings. The summed E-state index contributed by atoms with van der Waals surface area (Å²) in [6.07, 6.45) is 7.58. The van der Waals surface area contributed by atoms with Gasteiger partial charge in [-0.25, -0.2) is 0 Å². The van der Waals surface area contributed by atoms with Crippen LogP contribution in [0.4, 0.5) is 0 Å². The standard InChI is InChI=1S/C20H25N3O2S2/c1-2-12-23-16-10-6-7-11-17(16)27-20(23)22-19(25)14-26-13-18(24)21-15-8-4-3-5-9-15/h2,6-7,10-11,15H,1,3-5,8-9,12-14H2,(H,21,24). The molecule has 1 aromatic heterocycles. The van der Waals surface area contributed by atoms with E-state index in [9.17, 15) is 9.59 Å². The van der Waals surface area contributed by atoms with Crippen LogP contribution < -0.4 is 10.1 Å². The summed E-state index contributed by atoms with van der Waals surface area (Å²) in [4.78, 5) is 29.2. The van der Waals surface area contributed by atoms with Crippen LogP contribution >= 0.6 is 23.1 Å². The number of allylic oxidation sites excluding steroid dienone is 1. The second-order valence-corrected chi connectivity index (χ2v) is 8.65. The van der Waals surface area contributed by atoms with E-state index in [1.165, 1.54) is 42.4 Å². The molecule has 7 heteroatoms. The molecule has 0 aliphatic heterocycles. The van der Waals surface area contributed by atoms with Crippen LogP contribution in [0.2, 0.25) is 0 Å². The molecule has 1 heterocycles. The fraction of sp³-hybridized carbons (Fsp3) is 0.450. The molecule has 5 nitrogen and oxygen atoms in total. The van der Waals surface area contributed by atoms with Gasteiger partial charge < -0.3 is 9.88 Å². The number of fused-ring (bicyclic) bond motifs is 1. The predicted molar refractivity (Wildman–Crippen MR) is 113 cm³/mol. The molecule has 0 bridgehead atoms. The molecular weight excluding hydrogens is 378 g/mol. The highest BCUT2D eigenvalue weighted by atomic mass is 32.2. The maximum absolute atomic E-state index is 12.3. The SMILES string of the molecule is C=CCn1c(=NC(=O)CSCC(=O)NC2CCCCC2)sc2ccccc21. The zero-order valence-corrected chi connectivity index (χ0v) is 17.0. The first-order chi connectivity index (χ1) is 13.2. The first-order valence-corrected chi connectivity index (χ1v) is 11.3. The van der Waals surface area contributed by atoms with E-state index in [1.807, 2.05) is 28.8 Å². The van der Waals surface area contributed by atoms with Crippen LogP contribution in [0.25, 0.3) is 10.2 Å². The maximum Gasteiger partial charge on any atom is 0.258 e. The Labute approximate surface area is 167 Å². The zero-order chi connectivity index (χ0) is 19.1. The molecule has 1 saturated carbocycles. The van der Waals surface area contributed by atoms with E-state index in [4.69, 9.17) is 0 Å². The van der Waals surface area contributed by atoms with E-state index in [2.05, 4.69) is 16.9 Å². The van der Waals surface area contributed by atoms with E-state index in [1.54, 1.807) is 6.08 Å². The summed E-state index contributed by atoms with van der Waals surface area (Å²) in [6.45, 7) is 4.39. The van der Waals surface area contributed by atoms with Crippen molar-refractivity contribution in [2.45, 2.75) is 44.7 Å². The monoisotopic (exact) mass is 403 g/mol. The third-order valence-corrected chi connectivity index (χ3v) is 6.53. The van der Waals surface area contributed by atoms with E-state index in [-0.39, 0.29) is 17.6 Å². The highest BCUT2D eigenvalue weighted by Crippen LogP contribution is 2.18. The molecule has 2 amide bonds. The number of hydrogen-bond donors (Lipinski definition) is 1. The van der Waals surface area contributed by atoms with Gasteiger partial charge in [0.2, 0.25) is 5.91 Å². The minimum absolute atomic E-state index is 0.0169. The van der Waals surface area contributed by atoms with E-state index < -0.39 is 0 Å². The Morgan fingerprint density at radius 2 is 2.04 bits per heavy atom. The molecular formula is C20H25N3O2S2. The number of thioether (sulfide) groups is 1. The molecule has 1 N–H and O–H groups in total. The Kier molecular flexibility index (Phi) is 7.29. The minimum Gasteiger partial charge on any atom is -0.353 e. The summed E-state index contributed by atoms with van der Waals surface area (Å²) in [5.74, 6) is 0.315. The number of para-hydroxylation sites is 1. The van der Waals surface area contributed by atoms with Crippen molar-refractivity contribution >= 4 is 45.1 Å². The first kappa shape index (κ1) is 19.9. The van der Waals surface area contributed by atoms with Crippen LogP contribution in [0.5, 0.6) is 0 Å². The van der Waals surface area contributed by atoms with Gasteiger partial charge in [-0.15, -0.1) is 18.3 Å². The number of hydrogen-bond acceptors (Lipinski definition) is 4. The Morgan fingerprint density at radius 3 is 2.81 bits per heavy atom. The topological polar surface area (TPSA) is 63.5 Å². The number of nitrogens with one attached hydrogen (secondary N) is 1. The fourth-order valence-corrected chi connectivity index (χ4v) is 4.96. The lowest BCUT2D eigenvalue weighted by molar-refractivity contribution is -0.119. The van der Waals surface area contributed by atoms with Crippen molar-refractivity contribution in [1.29, 1.82) is 0 Å². The molecule has 0 saturated heterocycles. The average Bonchev–Trinajstić information content (AvgIpc) is 3.00. The lowest BCUT2D eigenvalue weighted by atomic mass is 9.95. The van der Waals surface area contributed by atoms with Crippen molar-refractivity contribution < 1.29 is 9.59 Å². The van der Waals surface area contributed by atoms with Crippen LogP contribution in [0.3, 0.4) is 0 Å². The van der Waals surface area contributed by atoms with Crippen LogP contribution in [0.1, 0.15) is 32.1 Å². The Hall–Kier alpha value is -1.86. The number of rotatable bonds is 7. The summed E-state index contributed by atoms with van der Waals surface area (Å²) in [5.41, 5.74) is 1.05. The van der Waals surface area contributed by atoms with Gasteiger partial charge >= 0.3 is 0 Å². The number of nitrogens with zero attached hydrogens (tertiary/aromatic N) is 2. The molecule has 1 aromatic carbocycles. The highest BCUT2D eigenvalue weighted by Gasteiger charge is 2.15. The van der Waals surface area contributed by atoms with E-state index in [0.29, 0.717) is 23.1 Å². The zero-order valence-electron chi connectivity index (χ0n) is 15.4. The molecule has 0 spiro atoms. The second-order valence-electron chi connectivity index (χ2n) is 6.65. The quantitative estimate of drug-likeness (QED) is 0.720. The number of carbonyl (C=O) groups excluding carboxylic acids is 2. The van der Waals surface area contributed by atoms with Crippen LogP contribution in [-0.2, 0) is 16.1 Å². The number of amides is 2. The van der Waals surface area contributed by atoms with Crippen molar-refractivity contribution in [2.24, 2.45) is 4.99 Å². The molecule has 1 aliphatic rings. The van der Waals surface area contributed by atoms with Crippen molar-refractivity contribution in [3.63, 3.8) is 0 Å². The number of benzene rings is 1. The minimum atomic E-state index is -0.213. The molecule has 0 atom stereocenters. The predicted octanol–water partition coefficient (Wildman–Crippen LogP) is 3.50. The van der Waals surface area contributed by atoms with E-state index in [0.717, 1.165) is 23.1 Å². The molecule has 0 unspecified atom stereocenters. The Bertz CT molecular complexity index is 879. The smallest absolute Gasteiger partial charge is 0.258 e. The summed E-state index contributed by atoms with van der Waals surface area (Å²) < 4.78 is 3.08. The number of thiazole rings is 1. The summed E-state index contributed by atoms with van der Waals surface area (Å²) in [6, 6.07) is 8.30. The van der Waals surface area contributed by atoms with Crippen molar-refractivity contribution in [3.05, 3.63) is 41.7 Å². The van der Waals surface area contributed by atoms with Gasteiger partial charge in [-0.2, -0.15) is 4.99 Å². The van der Waals surface area contributed by atoms with Gasteiger partial charge in [0.1, 0.15) is 0 Å². The summed E-state index contributed by atoms with van der Waals surface area (Å²) in [7, 11) is 0. The van der Waals surface area contributed by atoms with Gasteiger partial charge in [-0.05, 0) is 25.0 Å². The first-order valence-electron chi connectivity index (χ1n) is 9.31. The normalized spacial score (nSPS) is 15.8. The van der Waals surface area contributed by atoms with Gasteiger partial charge in [-0.1, -0.05) is 48.8 Å². The largest absolute Gasteiger partial charge is 0.353 e. The van der Waals surface area contributed by atoms with Crippen LogP contribution in [-0.4, -0.2) is 33.9 Å². The van der Waals surface area contributed by atoms with Gasteiger partial charge in [-0.3, -0.25) is 9.59 Å². The van der Waals surface area contributed by atoms with E-state index >= 15 is 0 Å². The third kappa shape index (κ3) is 5.56. The number of aromatic nitrogens is 1. The highest BCUT2D eigenvalue weighted by molar-refractivity contribution is 8.00. The Morgan fingerprint density at radius 1 is 1.26 bits per heavy atom. The lowest BCUT2D eigenvalue weighted by Crippen LogP contribution is -2.37. The number of carbonyl (C=O) groups is 2. The fourth-order valence-electron chi connectivity index (χ4n) is 3.30. The second kappa shape index (κ2) is 9.90. The molecule has 3 rings (SSSR count). The van der Waals surface area contributed by atoms with Gasteiger partial charge in [0.15, 0.2) is 4.80 Å². The van der Waals surface area contributed by atoms with Gasteiger partial charge in [0, 0.05) is 12.6 Å². The molecule has 144 valence electrons. The van der Waals surface area contributed by atoms with Crippen molar-refractivity contribution in [3.8, 4) is 0 Å². The van der Waals surface area contributed by atoms with Gasteiger partial charge in [0.05, 0.1) is 21.7 Å².